The van der Waals surface area contributed by atoms with Gasteiger partial charge in [-0.2, -0.15) is 0 Å². The lowest BCUT2D eigenvalue weighted by Gasteiger charge is -2.22. The van der Waals surface area contributed by atoms with E-state index in [1.807, 2.05) is 0 Å². The third-order valence-electron chi connectivity index (χ3n) is 4.62. The summed E-state index contributed by atoms with van der Waals surface area (Å²) in [4.78, 5) is 0. The molecule has 0 saturated carbocycles. The van der Waals surface area contributed by atoms with Crippen molar-refractivity contribution < 1.29 is 5.11 Å². The first-order valence-electron chi connectivity index (χ1n) is 8.89. The van der Waals surface area contributed by atoms with Gasteiger partial charge in [0.15, 0.2) is 0 Å². The maximum absolute atomic E-state index is 9.52. The van der Waals surface area contributed by atoms with E-state index in [1.54, 1.807) is 0 Å². The summed E-state index contributed by atoms with van der Waals surface area (Å²) in [5, 5.41) is 16.1. The highest BCUT2D eigenvalue weighted by atomic mass is 31.1. The molecular formula is C24H21OP. The van der Waals surface area contributed by atoms with Crippen LogP contribution < -0.4 is 15.9 Å². The van der Waals surface area contributed by atoms with Crippen molar-refractivity contribution in [2.75, 3.05) is 6.61 Å². The summed E-state index contributed by atoms with van der Waals surface area (Å²) in [5.74, 6) is 0. The predicted molar refractivity (Wildman–Crippen MR) is 113 cm³/mol. The summed E-state index contributed by atoms with van der Waals surface area (Å²) in [5.41, 5.74) is 1.23. The fraction of sp³-hybridized carbons (Fsp3) is 0.0833. The highest BCUT2D eigenvalue weighted by molar-refractivity contribution is 7.79. The molecule has 0 aliphatic heterocycles. The summed E-state index contributed by atoms with van der Waals surface area (Å²) in [7, 11) is -0.663. The zero-order chi connectivity index (χ0) is 17.8. The SMILES string of the molecule is OCCc1ccccc1P(c1ccccc1)c1ccc2ccccc2c1. The maximum atomic E-state index is 9.52. The molecule has 1 N–H and O–H groups in total. The summed E-state index contributed by atoms with van der Waals surface area (Å²) in [6, 6.07) is 34.6. The molecule has 4 aromatic carbocycles. The van der Waals surface area contributed by atoms with E-state index in [-0.39, 0.29) is 6.61 Å². The Balaban J connectivity index is 1.91. The van der Waals surface area contributed by atoms with Crippen molar-refractivity contribution in [1.29, 1.82) is 0 Å². The number of aliphatic hydroxyl groups is 1. The van der Waals surface area contributed by atoms with Gasteiger partial charge in [0, 0.05) is 6.61 Å². The molecule has 128 valence electrons. The van der Waals surface area contributed by atoms with Crippen molar-refractivity contribution in [3.63, 3.8) is 0 Å². The van der Waals surface area contributed by atoms with Gasteiger partial charge in [-0.05, 0) is 52.7 Å². The second-order valence-corrected chi connectivity index (χ2v) is 8.49. The van der Waals surface area contributed by atoms with Gasteiger partial charge in [-0.1, -0.05) is 91.0 Å². The van der Waals surface area contributed by atoms with Gasteiger partial charge in [-0.15, -0.1) is 0 Å². The molecule has 0 amide bonds. The highest BCUT2D eigenvalue weighted by Crippen LogP contribution is 2.35. The summed E-state index contributed by atoms with van der Waals surface area (Å²) < 4.78 is 0. The molecule has 2 heteroatoms. The summed E-state index contributed by atoms with van der Waals surface area (Å²) in [6.07, 6.45) is 0.690. The molecule has 4 rings (SSSR count). The standard InChI is InChI=1S/C24H21OP/c25-17-16-20-9-6-7-13-24(20)26(22-11-2-1-3-12-22)23-15-14-19-8-4-5-10-21(19)18-23/h1-15,18,25H,16-17H2. The first-order chi connectivity index (χ1) is 12.9. The normalized spacial score (nSPS) is 12.2. The average molecular weight is 356 g/mol. The van der Waals surface area contributed by atoms with Crippen LogP contribution in [0, 0.1) is 0 Å². The van der Waals surface area contributed by atoms with Crippen molar-refractivity contribution in [3.8, 4) is 0 Å². The molecule has 0 saturated heterocycles. The summed E-state index contributed by atoms with van der Waals surface area (Å²) >= 11 is 0. The van der Waals surface area contributed by atoms with Crippen LogP contribution in [0.2, 0.25) is 0 Å². The maximum Gasteiger partial charge on any atom is 0.0471 e. The third-order valence-corrected chi connectivity index (χ3v) is 7.15. The fourth-order valence-electron chi connectivity index (χ4n) is 3.38. The lowest BCUT2D eigenvalue weighted by Crippen LogP contribution is -2.23. The van der Waals surface area contributed by atoms with Crippen LogP contribution in [0.25, 0.3) is 10.8 Å². The van der Waals surface area contributed by atoms with Gasteiger partial charge in [-0.25, -0.2) is 0 Å². The zero-order valence-corrected chi connectivity index (χ0v) is 15.4. The molecular weight excluding hydrogens is 335 g/mol. The Kier molecular flexibility index (Phi) is 5.11. The lowest BCUT2D eigenvalue weighted by atomic mass is 10.1. The van der Waals surface area contributed by atoms with E-state index in [1.165, 1.54) is 32.2 Å². The van der Waals surface area contributed by atoms with E-state index in [0.29, 0.717) is 6.42 Å². The topological polar surface area (TPSA) is 20.2 Å². The Hall–Kier alpha value is -2.47. The van der Waals surface area contributed by atoms with E-state index in [4.69, 9.17) is 0 Å². The van der Waals surface area contributed by atoms with Crippen LogP contribution in [0.5, 0.6) is 0 Å². The molecule has 0 bridgehead atoms. The van der Waals surface area contributed by atoms with E-state index in [9.17, 15) is 5.11 Å². The number of hydrogen-bond acceptors (Lipinski definition) is 1. The first-order valence-corrected chi connectivity index (χ1v) is 10.2. The van der Waals surface area contributed by atoms with E-state index < -0.39 is 7.92 Å². The van der Waals surface area contributed by atoms with Crippen molar-refractivity contribution >= 4 is 34.6 Å². The molecule has 26 heavy (non-hydrogen) atoms. The first kappa shape index (κ1) is 17.0. The van der Waals surface area contributed by atoms with Crippen LogP contribution in [0.1, 0.15) is 5.56 Å². The lowest BCUT2D eigenvalue weighted by molar-refractivity contribution is 0.300. The zero-order valence-electron chi connectivity index (χ0n) is 14.5. The molecule has 4 aromatic rings. The van der Waals surface area contributed by atoms with Crippen molar-refractivity contribution in [1.82, 2.24) is 0 Å². The number of hydrogen-bond donors (Lipinski definition) is 1. The van der Waals surface area contributed by atoms with Gasteiger partial charge in [0.05, 0.1) is 0 Å². The van der Waals surface area contributed by atoms with Gasteiger partial charge >= 0.3 is 0 Å². The van der Waals surface area contributed by atoms with E-state index in [0.717, 1.165) is 0 Å². The average Bonchev–Trinajstić information content (AvgIpc) is 2.70. The van der Waals surface area contributed by atoms with Crippen molar-refractivity contribution in [2.24, 2.45) is 0 Å². The van der Waals surface area contributed by atoms with E-state index >= 15 is 0 Å². The van der Waals surface area contributed by atoms with Crippen molar-refractivity contribution in [2.45, 2.75) is 6.42 Å². The molecule has 1 unspecified atom stereocenters. The highest BCUT2D eigenvalue weighted by Gasteiger charge is 2.19. The Bertz CT molecular complexity index is 1010. The van der Waals surface area contributed by atoms with Gasteiger partial charge in [0.2, 0.25) is 0 Å². The molecule has 1 nitrogen and oxygen atoms in total. The minimum absolute atomic E-state index is 0.173. The second-order valence-electron chi connectivity index (χ2n) is 6.30. The molecule has 0 aromatic heterocycles. The van der Waals surface area contributed by atoms with Crippen molar-refractivity contribution in [3.05, 3.63) is 103 Å². The van der Waals surface area contributed by atoms with Crippen LogP contribution in [0.3, 0.4) is 0 Å². The van der Waals surface area contributed by atoms with Crippen LogP contribution in [0.15, 0.2) is 97.1 Å². The molecule has 0 heterocycles. The van der Waals surface area contributed by atoms with Crippen LogP contribution in [0.4, 0.5) is 0 Å². The third kappa shape index (κ3) is 3.42. The second kappa shape index (κ2) is 7.83. The number of aliphatic hydroxyl groups excluding tert-OH is 1. The minimum Gasteiger partial charge on any atom is -0.396 e. The number of rotatable bonds is 5. The Labute approximate surface area is 155 Å². The monoisotopic (exact) mass is 356 g/mol. The predicted octanol–water partition coefficient (Wildman–Crippen LogP) is 4.13. The Morgan fingerprint density at radius 1 is 0.615 bits per heavy atom. The van der Waals surface area contributed by atoms with Gasteiger partial charge in [0.25, 0.3) is 0 Å². The molecule has 0 spiro atoms. The molecule has 0 aliphatic carbocycles. The molecule has 0 aliphatic rings. The molecule has 0 radical (unpaired) electrons. The van der Waals surface area contributed by atoms with Crippen LogP contribution >= 0.6 is 7.92 Å². The van der Waals surface area contributed by atoms with Crippen LogP contribution in [-0.4, -0.2) is 11.7 Å². The Morgan fingerprint density at radius 2 is 1.31 bits per heavy atom. The Morgan fingerprint density at radius 3 is 2.12 bits per heavy atom. The molecule has 0 fully saturated rings. The fourth-order valence-corrected chi connectivity index (χ4v) is 5.91. The largest absolute Gasteiger partial charge is 0.396 e. The van der Waals surface area contributed by atoms with Gasteiger partial charge < -0.3 is 5.11 Å². The smallest absolute Gasteiger partial charge is 0.0471 e. The quantitative estimate of drug-likeness (QED) is 0.533. The number of benzene rings is 4. The minimum atomic E-state index is -0.663. The molecule has 1 atom stereocenters. The summed E-state index contributed by atoms with van der Waals surface area (Å²) in [6.45, 7) is 0.173. The van der Waals surface area contributed by atoms with Gasteiger partial charge in [0.1, 0.15) is 0 Å². The van der Waals surface area contributed by atoms with Crippen LogP contribution in [-0.2, 0) is 6.42 Å². The number of fused-ring (bicyclic) bond motifs is 1. The van der Waals surface area contributed by atoms with E-state index in [2.05, 4.69) is 97.1 Å². The van der Waals surface area contributed by atoms with Gasteiger partial charge in [-0.3, -0.25) is 0 Å².